The molecule has 2 heterocycles. The van der Waals surface area contributed by atoms with Crippen LogP contribution < -0.4 is 5.32 Å². The summed E-state index contributed by atoms with van der Waals surface area (Å²) in [6.45, 7) is 2.74. The molecule has 432 valence electrons. The highest BCUT2D eigenvalue weighted by molar-refractivity contribution is 5.76. The van der Waals surface area contributed by atoms with Crippen molar-refractivity contribution in [2.75, 3.05) is 19.8 Å². The minimum Gasteiger partial charge on any atom is -0.394 e. The Kier molecular flexibility index (Phi) is 42.2. The van der Waals surface area contributed by atoms with Crippen molar-refractivity contribution >= 4 is 5.91 Å². The van der Waals surface area contributed by atoms with Crippen molar-refractivity contribution in [1.29, 1.82) is 0 Å². The Morgan fingerprint density at radius 3 is 1.43 bits per heavy atom. The zero-order valence-electron chi connectivity index (χ0n) is 46.3. The van der Waals surface area contributed by atoms with E-state index >= 15 is 0 Å². The number of amides is 1. The summed E-state index contributed by atoms with van der Waals surface area (Å²) in [5.41, 5.74) is 0. The largest absolute Gasteiger partial charge is 0.394 e. The Balaban J connectivity index is 1.76. The van der Waals surface area contributed by atoms with Crippen molar-refractivity contribution in [3.8, 4) is 0 Å². The smallest absolute Gasteiger partial charge is 0.220 e. The van der Waals surface area contributed by atoms with Gasteiger partial charge in [-0.05, 0) is 51.4 Å². The van der Waals surface area contributed by atoms with Gasteiger partial charge in [-0.3, -0.25) is 4.79 Å². The van der Waals surface area contributed by atoms with Crippen molar-refractivity contribution in [3.63, 3.8) is 0 Å². The number of carbonyl (C=O) groups is 1. The second-order valence-corrected chi connectivity index (χ2v) is 21.1. The normalized spacial score (nSPS) is 25.5. The first-order valence-electron chi connectivity index (χ1n) is 29.9. The van der Waals surface area contributed by atoms with Gasteiger partial charge < -0.3 is 65.1 Å². The Hall–Kier alpha value is -2.05. The molecule has 1 amide bonds. The van der Waals surface area contributed by atoms with Crippen LogP contribution in [0.5, 0.6) is 0 Å². The summed E-state index contributed by atoms with van der Waals surface area (Å²) in [5.74, 6) is -0.229. The number of hydrogen-bond acceptors (Lipinski definition) is 13. The first-order chi connectivity index (χ1) is 36.1. The monoisotopic (exact) mass is 1050 g/mol. The van der Waals surface area contributed by atoms with Gasteiger partial charge in [-0.2, -0.15) is 0 Å². The number of aliphatic hydroxyl groups excluding tert-OH is 8. The zero-order valence-corrected chi connectivity index (χ0v) is 46.3. The van der Waals surface area contributed by atoms with Gasteiger partial charge in [0.15, 0.2) is 12.6 Å². The lowest BCUT2D eigenvalue weighted by atomic mass is 9.97. The van der Waals surface area contributed by atoms with Crippen LogP contribution in [-0.2, 0) is 23.7 Å². The molecule has 0 aromatic rings. The summed E-state index contributed by atoms with van der Waals surface area (Å²) in [7, 11) is 0. The maximum absolute atomic E-state index is 13.3. The van der Waals surface area contributed by atoms with Gasteiger partial charge in [-0.1, -0.05) is 223 Å². The molecule has 0 saturated carbocycles. The third kappa shape index (κ3) is 31.4. The molecule has 0 radical (unpaired) electrons. The average Bonchev–Trinajstić information content (AvgIpc) is 3.40. The van der Waals surface area contributed by atoms with Crippen molar-refractivity contribution in [3.05, 3.63) is 48.6 Å². The molecule has 0 aliphatic carbocycles. The minimum absolute atomic E-state index is 0.229. The van der Waals surface area contributed by atoms with Gasteiger partial charge >= 0.3 is 0 Å². The van der Waals surface area contributed by atoms with Crippen LogP contribution in [0.15, 0.2) is 48.6 Å². The number of hydrogen-bond donors (Lipinski definition) is 9. The van der Waals surface area contributed by atoms with E-state index < -0.39 is 86.8 Å². The van der Waals surface area contributed by atoms with E-state index in [-0.39, 0.29) is 18.9 Å². The molecule has 74 heavy (non-hydrogen) atoms. The molecule has 0 spiro atoms. The molecular weight excluding hydrogens is 943 g/mol. The van der Waals surface area contributed by atoms with Crippen LogP contribution in [0.1, 0.15) is 232 Å². The molecule has 14 nitrogen and oxygen atoms in total. The summed E-state index contributed by atoms with van der Waals surface area (Å²) < 4.78 is 22.8. The highest BCUT2D eigenvalue weighted by Gasteiger charge is 2.51. The van der Waals surface area contributed by atoms with Crippen LogP contribution in [0.3, 0.4) is 0 Å². The van der Waals surface area contributed by atoms with Crippen LogP contribution in [0, 0.1) is 0 Å². The molecule has 2 fully saturated rings. The van der Waals surface area contributed by atoms with E-state index in [9.17, 15) is 45.6 Å². The second-order valence-electron chi connectivity index (χ2n) is 21.1. The first kappa shape index (κ1) is 68.1. The lowest BCUT2D eigenvalue weighted by Gasteiger charge is -2.46. The van der Waals surface area contributed by atoms with Crippen molar-refractivity contribution in [2.45, 2.75) is 306 Å². The fraction of sp³-hybridized carbons (Fsp3) is 0.850. The first-order valence-corrected chi connectivity index (χ1v) is 29.9. The van der Waals surface area contributed by atoms with Crippen molar-refractivity contribution < 1.29 is 64.6 Å². The van der Waals surface area contributed by atoms with E-state index in [1.165, 1.54) is 122 Å². The number of aliphatic hydroxyl groups is 8. The van der Waals surface area contributed by atoms with Crippen LogP contribution in [-0.4, -0.2) is 140 Å². The number of carbonyl (C=O) groups excluding carboxylic acids is 1. The number of ether oxygens (including phenoxy) is 4. The second kappa shape index (κ2) is 45.9. The maximum Gasteiger partial charge on any atom is 0.220 e. The summed E-state index contributed by atoms with van der Waals surface area (Å²) in [6, 6.07) is -0.844. The van der Waals surface area contributed by atoms with E-state index in [0.717, 1.165) is 77.0 Å². The summed E-state index contributed by atoms with van der Waals surface area (Å²) in [6.07, 6.45) is 39.7. The zero-order chi connectivity index (χ0) is 53.9. The van der Waals surface area contributed by atoms with Gasteiger partial charge in [-0.25, -0.2) is 0 Å². The molecule has 9 N–H and O–H groups in total. The van der Waals surface area contributed by atoms with Crippen LogP contribution in [0.4, 0.5) is 0 Å². The molecule has 14 heteroatoms. The lowest BCUT2D eigenvalue weighted by Crippen LogP contribution is -2.65. The number of rotatable bonds is 47. The van der Waals surface area contributed by atoms with E-state index in [2.05, 4.69) is 67.8 Å². The van der Waals surface area contributed by atoms with Gasteiger partial charge in [0, 0.05) is 6.42 Å². The number of unbranched alkanes of at least 4 members (excludes halogenated alkanes) is 26. The highest BCUT2D eigenvalue weighted by atomic mass is 16.7. The fourth-order valence-corrected chi connectivity index (χ4v) is 9.76. The Bertz CT molecular complexity index is 1430. The topological polar surface area (TPSA) is 228 Å². The Morgan fingerprint density at radius 2 is 0.932 bits per heavy atom. The molecular formula is C60H109NO13. The third-order valence-electron chi connectivity index (χ3n) is 14.6. The fourth-order valence-electron chi connectivity index (χ4n) is 9.76. The number of nitrogens with one attached hydrogen (secondary N) is 1. The van der Waals surface area contributed by atoms with Gasteiger partial charge in [0.25, 0.3) is 0 Å². The van der Waals surface area contributed by atoms with Crippen LogP contribution >= 0.6 is 0 Å². The van der Waals surface area contributed by atoms with E-state index in [1.54, 1.807) is 0 Å². The van der Waals surface area contributed by atoms with Gasteiger partial charge in [0.05, 0.1) is 32.0 Å². The Labute approximate surface area is 448 Å². The molecule has 0 aromatic carbocycles. The SMILES string of the molecule is CC/C=C\C/C=C\C/C=C\C/C=C\CCCCCCC(=O)NC(COC1OC(CO)C(OC2OC(CO)C(O)C(O)C2O)C(O)C1O)C(O)CCCCCCCCCCCCCCCCCCCCCCCCC. The predicted molar refractivity (Wildman–Crippen MR) is 295 cm³/mol. The quantitative estimate of drug-likeness (QED) is 0.0205. The van der Waals surface area contributed by atoms with E-state index in [0.29, 0.717) is 12.8 Å². The molecule has 2 saturated heterocycles. The summed E-state index contributed by atoms with van der Waals surface area (Å²) in [5, 5.41) is 87.2. The lowest BCUT2D eigenvalue weighted by molar-refractivity contribution is -0.359. The molecule has 2 rings (SSSR count). The maximum atomic E-state index is 13.3. The molecule has 2 aliphatic rings. The summed E-state index contributed by atoms with van der Waals surface area (Å²) >= 11 is 0. The molecule has 12 atom stereocenters. The molecule has 12 unspecified atom stereocenters. The molecule has 0 aromatic heterocycles. The minimum atomic E-state index is -1.79. The summed E-state index contributed by atoms with van der Waals surface area (Å²) in [4.78, 5) is 13.3. The van der Waals surface area contributed by atoms with E-state index in [4.69, 9.17) is 18.9 Å². The van der Waals surface area contributed by atoms with Gasteiger partial charge in [0.2, 0.25) is 5.91 Å². The van der Waals surface area contributed by atoms with Gasteiger partial charge in [0.1, 0.15) is 48.8 Å². The average molecular weight is 1050 g/mol. The van der Waals surface area contributed by atoms with Crippen molar-refractivity contribution in [1.82, 2.24) is 5.32 Å². The van der Waals surface area contributed by atoms with E-state index in [1.807, 2.05) is 0 Å². The third-order valence-corrected chi connectivity index (χ3v) is 14.6. The Morgan fingerprint density at radius 1 is 0.500 bits per heavy atom. The predicted octanol–water partition coefficient (Wildman–Crippen LogP) is 10.0. The van der Waals surface area contributed by atoms with Crippen LogP contribution in [0.25, 0.3) is 0 Å². The number of allylic oxidation sites excluding steroid dienone is 8. The molecule has 2 aliphatic heterocycles. The van der Waals surface area contributed by atoms with Crippen LogP contribution in [0.2, 0.25) is 0 Å². The molecule has 0 bridgehead atoms. The van der Waals surface area contributed by atoms with Gasteiger partial charge in [-0.15, -0.1) is 0 Å². The highest BCUT2D eigenvalue weighted by Crippen LogP contribution is 2.30. The standard InChI is InChI=1S/C60H109NO13/c1-3-5-7-9-11-13-15-17-19-21-22-23-24-25-26-28-29-31-33-35-37-39-41-43-49(64)48(61-52(65)44-42-40-38-36-34-32-30-27-20-18-16-14-12-10-8-6-4-2)47-71-59-57(70)55(68)58(51(46-63)73-59)74-60-56(69)54(67)53(66)50(45-62)72-60/h6,8,12,14,18,20,30,32,48-51,53-60,62-64,66-70H,3-5,7,9-11,13,15-17,19,21-29,31,33-47H2,1-2H3,(H,61,65)/b8-6-,14-12-,20-18-,32-30-. The van der Waals surface area contributed by atoms with Crippen molar-refractivity contribution in [2.24, 2.45) is 0 Å².